The average Bonchev–Trinajstić information content (AvgIpc) is 3.33. The van der Waals surface area contributed by atoms with Crippen LogP contribution in [0.4, 0.5) is 0 Å². The lowest BCUT2D eigenvalue weighted by Crippen LogP contribution is -2.41. The highest BCUT2D eigenvalue weighted by atomic mass is 16.2. The van der Waals surface area contributed by atoms with Crippen molar-refractivity contribution in [2.24, 2.45) is 5.92 Å². The molecule has 1 saturated heterocycles. The number of aryl methyl sites for hydroxylation is 2. The van der Waals surface area contributed by atoms with E-state index in [-0.39, 0.29) is 5.91 Å². The first kappa shape index (κ1) is 17.6. The van der Waals surface area contributed by atoms with Gasteiger partial charge in [-0.15, -0.1) is 0 Å². The largest absolute Gasteiger partial charge is 0.342 e. The maximum Gasteiger partial charge on any atom is 0.252 e. The molecule has 1 aliphatic heterocycles. The van der Waals surface area contributed by atoms with E-state index in [0.29, 0.717) is 24.5 Å². The summed E-state index contributed by atoms with van der Waals surface area (Å²) < 4.78 is 3.85. The van der Waals surface area contributed by atoms with Crippen molar-refractivity contribution in [1.29, 1.82) is 0 Å². The highest BCUT2D eigenvalue weighted by Crippen LogP contribution is 2.20. The monoisotopic (exact) mass is 367 g/mol. The molecule has 27 heavy (non-hydrogen) atoms. The van der Waals surface area contributed by atoms with Crippen molar-refractivity contribution in [3.8, 4) is 0 Å². The molecule has 0 spiro atoms. The molecule has 0 saturated carbocycles. The zero-order chi connectivity index (χ0) is 18.8. The number of imidazole rings is 1. The van der Waals surface area contributed by atoms with Gasteiger partial charge in [0.2, 0.25) is 5.91 Å². The van der Waals surface area contributed by atoms with Crippen LogP contribution in [0.1, 0.15) is 36.2 Å². The van der Waals surface area contributed by atoms with Gasteiger partial charge in [0, 0.05) is 49.8 Å². The van der Waals surface area contributed by atoms with Crippen LogP contribution in [0.15, 0.2) is 25.0 Å². The molecule has 1 amide bonds. The van der Waals surface area contributed by atoms with Crippen molar-refractivity contribution in [1.82, 2.24) is 34.0 Å². The zero-order valence-electron chi connectivity index (χ0n) is 15.9. The lowest BCUT2D eigenvalue weighted by Gasteiger charge is -2.33. The summed E-state index contributed by atoms with van der Waals surface area (Å²) in [5.41, 5.74) is 3.03. The Morgan fingerprint density at radius 2 is 2.22 bits per heavy atom. The van der Waals surface area contributed by atoms with Crippen LogP contribution in [0.5, 0.6) is 0 Å². The fourth-order valence-electron chi connectivity index (χ4n) is 4.04. The number of hydrogen-bond acceptors (Lipinski definition) is 5. The number of likely N-dealkylation sites (tertiary alicyclic amines) is 1. The van der Waals surface area contributed by atoms with E-state index in [4.69, 9.17) is 0 Å². The summed E-state index contributed by atoms with van der Waals surface area (Å²) in [6.45, 7) is 6.60. The van der Waals surface area contributed by atoms with Crippen LogP contribution in [-0.4, -0.2) is 53.0 Å². The topological polar surface area (TPSA) is 81.2 Å². The maximum absolute atomic E-state index is 12.8. The fraction of sp³-hybridized carbons (Fsp3) is 0.526. The number of hydrogen-bond donors (Lipinski definition) is 0. The van der Waals surface area contributed by atoms with Crippen molar-refractivity contribution in [2.75, 3.05) is 13.1 Å². The van der Waals surface area contributed by atoms with Gasteiger partial charge in [-0.25, -0.2) is 14.5 Å². The van der Waals surface area contributed by atoms with Crippen molar-refractivity contribution in [2.45, 2.75) is 46.1 Å². The highest BCUT2D eigenvalue weighted by molar-refractivity contribution is 5.76. The number of fused-ring (bicyclic) bond motifs is 1. The summed E-state index contributed by atoms with van der Waals surface area (Å²) >= 11 is 0. The van der Waals surface area contributed by atoms with Gasteiger partial charge >= 0.3 is 0 Å². The number of carbonyl (C=O) groups excluding carboxylic acids is 1. The SMILES string of the molecule is Cc1nc2ncnn2c(C)c1CCC(=O)N1CCC[C@H](Cn2ccnc2)C1. The Labute approximate surface area is 158 Å². The third-order valence-electron chi connectivity index (χ3n) is 5.48. The van der Waals surface area contributed by atoms with Crippen molar-refractivity contribution in [3.63, 3.8) is 0 Å². The number of rotatable bonds is 5. The Hall–Kier alpha value is -2.77. The van der Waals surface area contributed by atoms with Gasteiger partial charge in [-0.05, 0) is 44.6 Å². The zero-order valence-corrected chi connectivity index (χ0v) is 15.9. The van der Waals surface area contributed by atoms with Crippen LogP contribution in [0.25, 0.3) is 5.78 Å². The molecule has 8 nitrogen and oxygen atoms in total. The predicted molar refractivity (Wildman–Crippen MR) is 100 cm³/mol. The van der Waals surface area contributed by atoms with Gasteiger partial charge in [0.25, 0.3) is 5.78 Å². The van der Waals surface area contributed by atoms with Crippen LogP contribution in [0, 0.1) is 19.8 Å². The van der Waals surface area contributed by atoms with Crippen LogP contribution in [0.2, 0.25) is 0 Å². The summed E-state index contributed by atoms with van der Waals surface area (Å²) in [6, 6.07) is 0. The van der Waals surface area contributed by atoms with Crippen LogP contribution in [0.3, 0.4) is 0 Å². The molecular weight excluding hydrogens is 342 g/mol. The number of nitrogens with zero attached hydrogens (tertiary/aromatic N) is 7. The molecule has 4 heterocycles. The molecule has 4 rings (SSSR count). The minimum absolute atomic E-state index is 0.225. The van der Waals surface area contributed by atoms with Gasteiger partial charge in [0.15, 0.2) is 0 Å². The van der Waals surface area contributed by atoms with E-state index in [0.717, 1.165) is 49.4 Å². The van der Waals surface area contributed by atoms with E-state index < -0.39 is 0 Å². The number of piperidine rings is 1. The Balaban J connectivity index is 1.39. The van der Waals surface area contributed by atoms with Crippen LogP contribution >= 0.6 is 0 Å². The fourth-order valence-corrected chi connectivity index (χ4v) is 4.04. The molecule has 1 atom stereocenters. The van der Waals surface area contributed by atoms with E-state index in [1.165, 1.54) is 6.33 Å². The second kappa shape index (κ2) is 7.46. The average molecular weight is 367 g/mol. The second-order valence-electron chi connectivity index (χ2n) is 7.34. The van der Waals surface area contributed by atoms with E-state index >= 15 is 0 Å². The predicted octanol–water partition coefficient (Wildman–Crippen LogP) is 1.81. The standard InChI is InChI=1S/C19H25N7O/c1-14-17(15(2)26-19(23-14)21-12-22-26)5-6-18(27)25-8-3-4-16(11-25)10-24-9-7-20-13-24/h7,9,12-13,16H,3-6,8,10-11H2,1-2H3/t16-/m1/s1. The normalized spacial score (nSPS) is 17.6. The van der Waals surface area contributed by atoms with Gasteiger partial charge in [0.05, 0.1) is 6.33 Å². The van der Waals surface area contributed by atoms with Crippen LogP contribution < -0.4 is 0 Å². The quantitative estimate of drug-likeness (QED) is 0.687. The summed E-state index contributed by atoms with van der Waals surface area (Å²) in [4.78, 5) is 27.6. The Morgan fingerprint density at radius 1 is 1.33 bits per heavy atom. The lowest BCUT2D eigenvalue weighted by molar-refractivity contribution is -0.133. The van der Waals surface area contributed by atoms with E-state index in [1.807, 2.05) is 31.3 Å². The molecule has 0 unspecified atom stereocenters. The van der Waals surface area contributed by atoms with E-state index in [9.17, 15) is 4.79 Å². The first-order valence-corrected chi connectivity index (χ1v) is 9.51. The van der Waals surface area contributed by atoms with Crippen molar-refractivity contribution < 1.29 is 4.79 Å². The van der Waals surface area contributed by atoms with E-state index in [2.05, 4.69) is 24.6 Å². The Kier molecular flexibility index (Phi) is 4.87. The van der Waals surface area contributed by atoms with Gasteiger partial charge in [-0.2, -0.15) is 10.1 Å². The third-order valence-corrected chi connectivity index (χ3v) is 5.48. The molecular formula is C19H25N7O. The molecule has 1 fully saturated rings. The third kappa shape index (κ3) is 3.70. The maximum atomic E-state index is 12.8. The first-order chi connectivity index (χ1) is 13.1. The molecule has 142 valence electrons. The molecule has 0 N–H and O–H groups in total. The molecule has 3 aromatic rings. The van der Waals surface area contributed by atoms with Crippen LogP contribution in [-0.2, 0) is 17.8 Å². The van der Waals surface area contributed by atoms with Gasteiger partial charge in [-0.3, -0.25) is 4.79 Å². The molecule has 3 aromatic heterocycles. The number of aromatic nitrogens is 6. The Bertz CT molecular complexity index is 931. The van der Waals surface area contributed by atoms with Gasteiger partial charge < -0.3 is 9.47 Å². The summed E-state index contributed by atoms with van der Waals surface area (Å²) in [5, 5.41) is 4.22. The van der Waals surface area contributed by atoms with Crippen molar-refractivity contribution in [3.05, 3.63) is 42.0 Å². The number of carbonyl (C=O) groups is 1. The van der Waals surface area contributed by atoms with E-state index in [1.54, 1.807) is 10.7 Å². The lowest BCUT2D eigenvalue weighted by atomic mass is 9.97. The molecule has 0 aromatic carbocycles. The summed E-state index contributed by atoms with van der Waals surface area (Å²) in [7, 11) is 0. The minimum atomic E-state index is 0.225. The Morgan fingerprint density at radius 3 is 3.04 bits per heavy atom. The highest BCUT2D eigenvalue weighted by Gasteiger charge is 2.24. The molecule has 0 radical (unpaired) electrons. The molecule has 1 aliphatic rings. The number of amides is 1. The minimum Gasteiger partial charge on any atom is -0.342 e. The smallest absolute Gasteiger partial charge is 0.252 e. The summed E-state index contributed by atoms with van der Waals surface area (Å²) in [6.07, 6.45) is 10.6. The molecule has 8 heteroatoms. The second-order valence-corrected chi connectivity index (χ2v) is 7.34. The molecule has 0 aliphatic carbocycles. The molecule has 0 bridgehead atoms. The first-order valence-electron chi connectivity index (χ1n) is 9.51. The summed E-state index contributed by atoms with van der Waals surface area (Å²) in [5.74, 6) is 1.33. The van der Waals surface area contributed by atoms with Gasteiger partial charge in [0.1, 0.15) is 6.33 Å². The van der Waals surface area contributed by atoms with Gasteiger partial charge in [-0.1, -0.05) is 0 Å². The van der Waals surface area contributed by atoms with Crippen molar-refractivity contribution >= 4 is 11.7 Å².